The molecular formula is C16H24FN3O4S. The van der Waals surface area contributed by atoms with Gasteiger partial charge in [0.25, 0.3) is 0 Å². The van der Waals surface area contributed by atoms with Crippen LogP contribution >= 0.6 is 0 Å². The van der Waals surface area contributed by atoms with Crippen LogP contribution in [0.5, 0.6) is 5.75 Å². The fraction of sp³-hybridized carbons (Fsp3) is 0.562. The molecule has 1 aliphatic heterocycles. The summed E-state index contributed by atoms with van der Waals surface area (Å²) >= 11 is 0. The fourth-order valence-electron chi connectivity index (χ4n) is 2.81. The van der Waals surface area contributed by atoms with E-state index in [1.807, 2.05) is 4.90 Å². The summed E-state index contributed by atoms with van der Waals surface area (Å²) in [6, 6.07) is 3.97. The number of benzene rings is 1. The number of ether oxygens (including phenoxy) is 1. The summed E-state index contributed by atoms with van der Waals surface area (Å²) < 4.78 is 41.0. The summed E-state index contributed by atoms with van der Waals surface area (Å²) in [6.07, 6.45) is 1.14. The van der Waals surface area contributed by atoms with Crippen molar-refractivity contribution in [2.45, 2.75) is 13.0 Å². The molecule has 25 heavy (non-hydrogen) atoms. The molecule has 1 atom stereocenters. The highest BCUT2D eigenvalue weighted by Crippen LogP contribution is 2.25. The van der Waals surface area contributed by atoms with Crippen molar-refractivity contribution in [3.63, 3.8) is 0 Å². The van der Waals surface area contributed by atoms with Gasteiger partial charge < -0.3 is 19.9 Å². The highest BCUT2D eigenvalue weighted by Gasteiger charge is 2.23. The number of hydrogen-bond donors (Lipinski definition) is 1. The summed E-state index contributed by atoms with van der Waals surface area (Å²) in [5.41, 5.74) is 0.837. The Bertz CT molecular complexity index is 718. The second kappa shape index (κ2) is 7.90. The molecule has 2 amide bonds. The van der Waals surface area contributed by atoms with E-state index >= 15 is 0 Å². The number of carbonyl (C=O) groups excluding carboxylic acids is 1. The van der Waals surface area contributed by atoms with Gasteiger partial charge in [-0.05, 0) is 19.1 Å². The van der Waals surface area contributed by atoms with Crippen LogP contribution in [-0.4, -0.2) is 70.7 Å². The van der Waals surface area contributed by atoms with Crippen molar-refractivity contribution >= 4 is 21.6 Å². The molecule has 1 aliphatic rings. The standard InChI is InChI=1S/C16H24FN3O4S/c1-12(11-25(3,22)23)18-16(21)20-8-6-19(7-9-20)13-4-5-14(17)15(10-13)24-2/h4-5,10,12H,6-9,11H2,1-3H3,(H,18,21). The highest BCUT2D eigenvalue weighted by atomic mass is 32.2. The van der Waals surface area contributed by atoms with Crippen molar-refractivity contribution in [1.82, 2.24) is 10.2 Å². The van der Waals surface area contributed by atoms with Gasteiger partial charge in [0.15, 0.2) is 11.6 Å². The SMILES string of the molecule is COc1cc(N2CCN(C(=O)NC(C)CS(C)(=O)=O)CC2)ccc1F. The maximum Gasteiger partial charge on any atom is 0.317 e. The Kier molecular flexibility index (Phi) is 6.10. The lowest BCUT2D eigenvalue weighted by Crippen LogP contribution is -2.53. The van der Waals surface area contributed by atoms with Gasteiger partial charge in [-0.1, -0.05) is 0 Å². The van der Waals surface area contributed by atoms with Crippen molar-refractivity contribution in [1.29, 1.82) is 0 Å². The van der Waals surface area contributed by atoms with Gasteiger partial charge in [-0.3, -0.25) is 0 Å². The second-order valence-corrected chi connectivity index (χ2v) is 8.42. The molecule has 2 rings (SSSR count). The molecule has 0 aromatic heterocycles. The summed E-state index contributed by atoms with van der Waals surface area (Å²) in [7, 11) is -1.72. The molecular weight excluding hydrogens is 349 g/mol. The normalized spacial score (nSPS) is 16.5. The van der Waals surface area contributed by atoms with E-state index in [1.54, 1.807) is 24.0 Å². The Morgan fingerprint density at radius 3 is 2.52 bits per heavy atom. The predicted octanol–water partition coefficient (Wildman–Crippen LogP) is 1.10. The first-order chi connectivity index (χ1) is 11.7. The molecule has 0 bridgehead atoms. The van der Waals surface area contributed by atoms with Crippen LogP contribution in [0.15, 0.2) is 18.2 Å². The van der Waals surface area contributed by atoms with Gasteiger partial charge in [-0.15, -0.1) is 0 Å². The monoisotopic (exact) mass is 373 g/mol. The van der Waals surface area contributed by atoms with Crippen LogP contribution in [0.4, 0.5) is 14.9 Å². The van der Waals surface area contributed by atoms with E-state index in [1.165, 1.54) is 13.2 Å². The second-order valence-electron chi connectivity index (χ2n) is 6.24. The minimum Gasteiger partial charge on any atom is -0.494 e. The van der Waals surface area contributed by atoms with Gasteiger partial charge in [0.1, 0.15) is 9.84 Å². The molecule has 1 heterocycles. The smallest absolute Gasteiger partial charge is 0.317 e. The summed E-state index contributed by atoms with van der Waals surface area (Å²) in [6.45, 7) is 3.86. The maximum atomic E-state index is 13.5. The van der Waals surface area contributed by atoms with Crippen LogP contribution in [-0.2, 0) is 9.84 Å². The molecule has 1 saturated heterocycles. The van der Waals surface area contributed by atoms with Crippen molar-refractivity contribution < 1.29 is 22.3 Å². The van der Waals surface area contributed by atoms with Gasteiger partial charge in [0.2, 0.25) is 0 Å². The van der Waals surface area contributed by atoms with E-state index in [-0.39, 0.29) is 17.5 Å². The molecule has 0 spiro atoms. The third-order valence-corrected chi connectivity index (χ3v) is 5.09. The van der Waals surface area contributed by atoms with Gasteiger partial charge in [-0.2, -0.15) is 0 Å². The Labute approximate surface area is 147 Å². The minimum atomic E-state index is -3.14. The Morgan fingerprint density at radius 2 is 1.96 bits per heavy atom. The van der Waals surface area contributed by atoms with Crippen molar-refractivity contribution in [3.8, 4) is 5.75 Å². The number of nitrogens with zero attached hydrogens (tertiary/aromatic N) is 2. The predicted molar refractivity (Wildman–Crippen MR) is 94.4 cm³/mol. The van der Waals surface area contributed by atoms with Crippen molar-refractivity contribution in [3.05, 3.63) is 24.0 Å². The van der Waals surface area contributed by atoms with Crippen molar-refractivity contribution in [2.75, 3.05) is 50.2 Å². The van der Waals surface area contributed by atoms with Crippen LogP contribution < -0.4 is 15.0 Å². The molecule has 140 valence electrons. The van der Waals surface area contributed by atoms with Crippen LogP contribution in [0.2, 0.25) is 0 Å². The maximum absolute atomic E-state index is 13.5. The number of rotatable bonds is 5. The molecule has 0 aliphatic carbocycles. The van der Waals surface area contributed by atoms with Gasteiger partial charge in [0, 0.05) is 50.2 Å². The van der Waals surface area contributed by atoms with E-state index in [0.29, 0.717) is 26.2 Å². The molecule has 0 radical (unpaired) electrons. The van der Waals surface area contributed by atoms with Crippen LogP contribution in [0.25, 0.3) is 0 Å². The topological polar surface area (TPSA) is 79.0 Å². The third kappa shape index (κ3) is 5.48. The molecule has 1 fully saturated rings. The molecule has 1 N–H and O–H groups in total. The zero-order chi connectivity index (χ0) is 18.6. The lowest BCUT2D eigenvalue weighted by Gasteiger charge is -2.36. The Morgan fingerprint density at radius 1 is 1.32 bits per heavy atom. The van der Waals surface area contributed by atoms with Gasteiger partial charge in [-0.25, -0.2) is 17.6 Å². The van der Waals surface area contributed by atoms with E-state index in [4.69, 9.17) is 4.74 Å². The van der Waals surface area contributed by atoms with E-state index in [2.05, 4.69) is 5.32 Å². The number of sulfone groups is 1. The lowest BCUT2D eigenvalue weighted by atomic mass is 10.2. The van der Waals surface area contributed by atoms with E-state index in [9.17, 15) is 17.6 Å². The first-order valence-corrected chi connectivity index (χ1v) is 10.1. The average Bonchev–Trinajstić information content (AvgIpc) is 2.53. The zero-order valence-electron chi connectivity index (χ0n) is 14.7. The van der Waals surface area contributed by atoms with Gasteiger partial charge in [0.05, 0.1) is 12.9 Å². The number of piperazine rings is 1. The van der Waals surface area contributed by atoms with Crippen LogP contribution in [0.3, 0.4) is 0 Å². The summed E-state index contributed by atoms with van der Waals surface area (Å²) in [4.78, 5) is 15.9. The van der Waals surface area contributed by atoms with Gasteiger partial charge >= 0.3 is 6.03 Å². The number of anilines is 1. The van der Waals surface area contributed by atoms with Crippen molar-refractivity contribution in [2.24, 2.45) is 0 Å². The largest absolute Gasteiger partial charge is 0.494 e. The number of urea groups is 1. The Balaban J connectivity index is 1.90. The molecule has 0 saturated carbocycles. The van der Waals surface area contributed by atoms with E-state index in [0.717, 1.165) is 11.9 Å². The lowest BCUT2D eigenvalue weighted by molar-refractivity contribution is 0.192. The first-order valence-electron chi connectivity index (χ1n) is 8.01. The molecule has 1 aromatic rings. The van der Waals surface area contributed by atoms with Crippen LogP contribution in [0.1, 0.15) is 6.92 Å². The number of methoxy groups -OCH3 is 1. The fourth-order valence-corrected chi connectivity index (χ4v) is 3.80. The number of halogens is 1. The first kappa shape index (κ1) is 19.3. The summed E-state index contributed by atoms with van der Waals surface area (Å²) in [5.74, 6) is -0.315. The third-order valence-electron chi connectivity index (χ3n) is 3.99. The number of carbonyl (C=O) groups is 1. The number of amides is 2. The number of nitrogens with one attached hydrogen (secondary N) is 1. The molecule has 9 heteroatoms. The average molecular weight is 373 g/mol. The highest BCUT2D eigenvalue weighted by molar-refractivity contribution is 7.90. The van der Waals surface area contributed by atoms with E-state index < -0.39 is 21.7 Å². The molecule has 1 aromatic carbocycles. The zero-order valence-corrected chi connectivity index (χ0v) is 15.5. The number of hydrogen-bond acceptors (Lipinski definition) is 5. The molecule has 1 unspecified atom stereocenters. The minimum absolute atomic E-state index is 0.0892. The quantitative estimate of drug-likeness (QED) is 0.836. The Hall–Kier alpha value is -2.03. The summed E-state index contributed by atoms with van der Waals surface area (Å²) in [5, 5.41) is 2.71. The molecule has 7 nitrogen and oxygen atoms in total. The van der Waals surface area contributed by atoms with Crippen LogP contribution in [0, 0.1) is 5.82 Å².